The van der Waals surface area contributed by atoms with Crippen LogP contribution in [0.1, 0.15) is 5.56 Å². The molecule has 0 aliphatic rings. The van der Waals surface area contributed by atoms with Crippen molar-refractivity contribution in [1.29, 1.82) is 0 Å². The van der Waals surface area contributed by atoms with Gasteiger partial charge in [-0.2, -0.15) is 0 Å². The lowest BCUT2D eigenvalue weighted by Gasteiger charge is -2.03. The van der Waals surface area contributed by atoms with Gasteiger partial charge in [0.2, 0.25) is 0 Å². The molecular weight excluding hydrogens is 166 g/mol. The Hall–Kier alpha value is -0.340. The third-order valence-electron chi connectivity index (χ3n) is 1.43. The van der Waals surface area contributed by atoms with Crippen molar-refractivity contribution >= 4 is 29.9 Å². The molecule has 0 radical (unpaired) electrons. The first-order chi connectivity index (χ1) is 4.63. The molecule has 10 heavy (non-hydrogen) atoms. The standard InChI is InChI=1S/C7H8ClNS/c1-4-5(8)2-3-6(10)7(4)9/h2-3,10H,9H2,1H3. The number of hydrogen-bond donors (Lipinski definition) is 2. The van der Waals surface area contributed by atoms with Crippen molar-refractivity contribution < 1.29 is 0 Å². The molecule has 0 amide bonds. The molecule has 0 unspecified atom stereocenters. The van der Waals surface area contributed by atoms with Gasteiger partial charge in [-0.05, 0) is 24.6 Å². The molecule has 0 saturated carbocycles. The summed E-state index contributed by atoms with van der Waals surface area (Å²) in [4.78, 5) is 0.780. The van der Waals surface area contributed by atoms with E-state index in [1.807, 2.05) is 6.92 Å². The molecule has 0 atom stereocenters. The Labute approximate surface area is 70.6 Å². The second-order valence-electron chi connectivity index (χ2n) is 2.11. The normalized spacial score (nSPS) is 9.90. The zero-order chi connectivity index (χ0) is 7.72. The molecule has 0 aromatic heterocycles. The number of rotatable bonds is 0. The summed E-state index contributed by atoms with van der Waals surface area (Å²) < 4.78 is 0. The van der Waals surface area contributed by atoms with Gasteiger partial charge >= 0.3 is 0 Å². The minimum atomic E-state index is 0.663. The predicted molar refractivity (Wildman–Crippen MR) is 47.9 cm³/mol. The lowest BCUT2D eigenvalue weighted by Crippen LogP contribution is -1.91. The summed E-state index contributed by atoms with van der Waals surface area (Å²) in [7, 11) is 0. The Morgan fingerprint density at radius 1 is 1.50 bits per heavy atom. The van der Waals surface area contributed by atoms with E-state index in [0.717, 1.165) is 10.5 Å². The van der Waals surface area contributed by atoms with Crippen molar-refractivity contribution in [2.45, 2.75) is 11.8 Å². The van der Waals surface area contributed by atoms with Crippen LogP contribution in [0.4, 0.5) is 5.69 Å². The van der Waals surface area contributed by atoms with E-state index < -0.39 is 0 Å². The van der Waals surface area contributed by atoms with Gasteiger partial charge < -0.3 is 5.73 Å². The third-order valence-corrected chi connectivity index (χ3v) is 2.23. The van der Waals surface area contributed by atoms with E-state index in [1.165, 1.54) is 0 Å². The number of anilines is 1. The fourth-order valence-corrected chi connectivity index (χ4v) is 1.09. The van der Waals surface area contributed by atoms with Crippen LogP contribution in [0.5, 0.6) is 0 Å². The monoisotopic (exact) mass is 173 g/mol. The van der Waals surface area contributed by atoms with E-state index >= 15 is 0 Å². The maximum absolute atomic E-state index is 5.77. The molecule has 0 aliphatic carbocycles. The third kappa shape index (κ3) is 1.22. The van der Waals surface area contributed by atoms with Crippen LogP contribution < -0.4 is 5.73 Å². The molecule has 0 spiro atoms. The maximum atomic E-state index is 5.77. The molecule has 1 aromatic carbocycles. The zero-order valence-electron chi connectivity index (χ0n) is 5.56. The first-order valence-corrected chi connectivity index (χ1v) is 3.69. The van der Waals surface area contributed by atoms with Gasteiger partial charge in [0, 0.05) is 15.6 Å². The first-order valence-electron chi connectivity index (χ1n) is 2.86. The van der Waals surface area contributed by atoms with Gasteiger partial charge in [-0.25, -0.2) is 0 Å². The number of nitrogen functional groups attached to an aromatic ring is 1. The molecule has 0 saturated heterocycles. The molecule has 0 heterocycles. The first kappa shape index (κ1) is 7.76. The molecule has 1 rings (SSSR count). The lowest BCUT2D eigenvalue weighted by molar-refractivity contribution is 1.37. The highest BCUT2D eigenvalue weighted by molar-refractivity contribution is 7.80. The van der Waals surface area contributed by atoms with Crippen LogP contribution in [0.25, 0.3) is 0 Å². The second-order valence-corrected chi connectivity index (χ2v) is 2.99. The summed E-state index contributed by atoms with van der Waals surface area (Å²) in [6.07, 6.45) is 0. The van der Waals surface area contributed by atoms with E-state index in [9.17, 15) is 0 Å². The molecule has 1 nitrogen and oxygen atoms in total. The van der Waals surface area contributed by atoms with Gasteiger partial charge in [0.15, 0.2) is 0 Å². The summed E-state index contributed by atoms with van der Waals surface area (Å²) >= 11 is 9.90. The number of thiol groups is 1. The Balaban J connectivity index is 3.34. The quantitative estimate of drug-likeness (QED) is 0.458. The minimum absolute atomic E-state index is 0.663. The van der Waals surface area contributed by atoms with Crippen molar-refractivity contribution in [3.63, 3.8) is 0 Å². The van der Waals surface area contributed by atoms with Crippen LogP contribution >= 0.6 is 24.2 Å². The van der Waals surface area contributed by atoms with Crippen molar-refractivity contribution in [2.24, 2.45) is 0 Å². The van der Waals surface area contributed by atoms with Gasteiger partial charge in [-0.15, -0.1) is 12.6 Å². The summed E-state index contributed by atoms with van der Waals surface area (Å²) in [5.74, 6) is 0. The van der Waals surface area contributed by atoms with E-state index in [1.54, 1.807) is 12.1 Å². The van der Waals surface area contributed by atoms with Gasteiger partial charge in [0.25, 0.3) is 0 Å². The van der Waals surface area contributed by atoms with Crippen molar-refractivity contribution in [3.8, 4) is 0 Å². The van der Waals surface area contributed by atoms with E-state index in [4.69, 9.17) is 17.3 Å². The van der Waals surface area contributed by atoms with Gasteiger partial charge in [-0.3, -0.25) is 0 Å². The van der Waals surface area contributed by atoms with Crippen LogP contribution in [0, 0.1) is 6.92 Å². The largest absolute Gasteiger partial charge is 0.398 e. The second kappa shape index (κ2) is 2.72. The van der Waals surface area contributed by atoms with Gasteiger partial charge in [0.05, 0.1) is 0 Å². The molecule has 54 valence electrons. The Bertz CT molecular complexity index is 233. The van der Waals surface area contributed by atoms with Gasteiger partial charge in [-0.1, -0.05) is 11.6 Å². The van der Waals surface area contributed by atoms with Crippen molar-refractivity contribution in [1.82, 2.24) is 0 Å². The van der Waals surface area contributed by atoms with Crippen LogP contribution in [-0.2, 0) is 0 Å². The van der Waals surface area contributed by atoms with Crippen LogP contribution in [0.3, 0.4) is 0 Å². The molecule has 0 bridgehead atoms. The number of nitrogens with two attached hydrogens (primary N) is 1. The number of benzene rings is 1. The zero-order valence-corrected chi connectivity index (χ0v) is 7.21. The summed E-state index contributed by atoms with van der Waals surface area (Å²) in [6.45, 7) is 1.87. The molecule has 1 aromatic rings. The van der Waals surface area contributed by atoms with E-state index in [2.05, 4.69) is 12.6 Å². The number of hydrogen-bond acceptors (Lipinski definition) is 2. The molecule has 0 fully saturated rings. The maximum Gasteiger partial charge on any atom is 0.0494 e. The fourth-order valence-electron chi connectivity index (χ4n) is 0.688. The summed E-state index contributed by atoms with van der Waals surface area (Å²) in [5.41, 5.74) is 7.18. The van der Waals surface area contributed by atoms with Crippen LogP contribution in [-0.4, -0.2) is 0 Å². The molecule has 2 N–H and O–H groups in total. The molecular formula is C7H8ClNS. The average Bonchev–Trinajstić information content (AvgIpc) is 1.93. The van der Waals surface area contributed by atoms with E-state index in [0.29, 0.717) is 10.7 Å². The predicted octanol–water partition coefficient (Wildman–Crippen LogP) is 2.52. The smallest absolute Gasteiger partial charge is 0.0494 e. The Kier molecular flexibility index (Phi) is 2.11. The van der Waals surface area contributed by atoms with Crippen molar-refractivity contribution in [3.05, 3.63) is 22.7 Å². The van der Waals surface area contributed by atoms with Gasteiger partial charge in [0.1, 0.15) is 0 Å². The molecule has 0 aliphatic heterocycles. The highest BCUT2D eigenvalue weighted by atomic mass is 35.5. The Morgan fingerprint density at radius 3 is 2.60 bits per heavy atom. The summed E-state index contributed by atoms with van der Waals surface area (Å²) in [6, 6.07) is 3.57. The summed E-state index contributed by atoms with van der Waals surface area (Å²) in [5, 5.41) is 0.690. The Morgan fingerprint density at radius 2 is 2.10 bits per heavy atom. The average molecular weight is 174 g/mol. The van der Waals surface area contributed by atoms with Crippen LogP contribution in [0.2, 0.25) is 5.02 Å². The fraction of sp³-hybridized carbons (Fsp3) is 0.143. The van der Waals surface area contributed by atoms with E-state index in [-0.39, 0.29) is 0 Å². The number of halogens is 1. The lowest BCUT2D eigenvalue weighted by atomic mass is 10.2. The van der Waals surface area contributed by atoms with Crippen molar-refractivity contribution in [2.75, 3.05) is 5.73 Å². The van der Waals surface area contributed by atoms with Crippen LogP contribution in [0.15, 0.2) is 17.0 Å². The SMILES string of the molecule is Cc1c(Cl)ccc(S)c1N. The highest BCUT2D eigenvalue weighted by Crippen LogP contribution is 2.26. The molecule has 3 heteroatoms. The minimum Gasteiger partial charge on any atom is -0.398 e. The highest BCUT2D eigenvalue weighted by Gasteiger charge is 2.00. The topological polar surface area (TPSA) is 26.0 Å².